The maximum atomic E-state index is 14.3. The number of fused-ring (bicyclic) bond motifs is 2. The van der Waals surface area contributed by atoms with E-state index in [9.17, 15) is 39.5 Å². The molecule has 0 aliphatic heterocycles. The monoisotopic (exact) mass is 472 g/mol. The molecule has 2 fully saturated rings. The van der Waals surface area contributed by atoms with E-state index < -0.39 is 66.9 Å². The minimum absolute atomic E-state index is 0.0147. The molecule has 0 spiro atoms. The van der Waals surface area contributed by atoms with Crippen molar-refractivity contribution in [3.8, 4) is 0 Å². The molecule has 5 unspecified atom stereocenters. The van der Waals surface area contributed by atoms with Gasteiger partial charge in [-0.05, 0) is 54.8 Å². The zero-order chi connectivity index (χ0) is 24.3. The van der Waals surface area contributed by atoms with Gasteiger partial charge in [-0.25, -0.2) is 0 Å². The zero-order valence-corrected chi connectivity index (χ0v) is 17.8. The minimum Gasteiger partial charge on any atom is -0.394 e. The highest BCUT2D eigenvalue weighted by Gasteiger charge is 2.75. The van der Waals surface area contributed by atoms with Crippen LogP contribution in [-0.2, 0) is 4.74 Å². The predicted molar refractivity (Wildman–Crippen MR) is 93.9 cm³/mol. The third-order valence-corrected chi connectivity index (χ3v) is 7.54. The molecule has 2 nitrogen and oxygen atoms in total. The SMILES string of the molecule is CC1C2CC(C1C)C(CC(C)(C)CC(OCCO)(C(F)(F)F)C(F)(F)F)(C(F)(F)F)C2. The van der Waals surface area contributed by atoms with E-state index in [2.05, 4.69) is 4.74 Å². The van der Waals surface area contributed by atoms with Crippen molar-refractivity contribution in [2.45, 2.75) is 77.5 Å². The lowest BCUT2D eigenvalue weighted by atomic mass is 9.58. The average Bonchev–Trinajstić information content (AvgIpc) is 3.06. The Balaban J connectivity index is 2.46. The first-order valence-electron chi connectivity index (χ1n) is 10.2. The lowest BCUT2D eigenvalue weighted by Gasteiger charge is -2.49. The molecule has 31 heavy (non-hydrogen) atoms. The van der Waals surface area contributed by atoms with Gasteiger partial charge in [-0.15, -0.1) is 0 Å². The average molecular weight is 472 g/mol. The smallest absolute Gasteiger partial charge is 0.394 e. The van der Waals surface area contributed by atoms with Crippen LogP contribution in [0.3, 0.4) is 0 Å². The van der Waals surface area contributed by atoms with Gasteiger partial charge in [-0.1, -0.05) is 27.7 Å². The van der Waals surface area contributed by atoms with Crippen LogP contribution in [-0.4, -0.2) is 42.5 Å². The van der Waals surface area contributed by atoms with Crippen LogP contribution in [0.25, 0.3) is 0 Å². The van der Waals surface area contributed by atoms with Crippen LogP contribution in [0.4, 0.5) is 39.5 Å². The fourth-order valence-electron chi connectivity index (χ4n) is 6.18. The normalized spacial score (nSPS) is 32.7. The standard InChI is InChI=1S/C20H29F9O2/c1-11-12(2)14-7-13(11)8-16(14,18(21,22)23)9-15(3,4)10-17(19(24,25)26,20(27,28)29)31-6-5-30/h11-14,30H,5-10H2,1-4H3. The number of aliphatic hydroxyl groups is 1. The van der Waals surface area contributed by atoms with E-state index >= 15 is 0 Å². The number of halogens is 9. The van der Waals surface area contributed by atoms with Gasteiger partial charge in [0.2, 0.25) is 0 Å². The molecule has 0 radical (unpaired) electrons. The molecule has 1 N–H and O–H groups in total. The molecule has 0 aromatic carbocycles. The molecule has 2 aliphatic rings. The molecular formula is C20H29F9O2. The van der Waals surface area contributed by atoms with Crippen LogP contribution in [0.15, 0.2) is 0 Å². The topological polar surface area (TPSA) is 29.5 Å². The van der Waals surface area contributed by atoms with Gasteiger partial charge in [0.15, 0.2) is 0 Å². The Bertz CT molecular complexity index is 622. The van der Waals surface area contributed by atoms with E-state index in [0.717, 1.165) is 13.8 Å². The van der Waals surface area contributed by atoms with Crippen molar-refractivity contribution in [3.05, 3.63) is 0 Å². The quantitative estimate of drug-likeness (QED) is 0.427. The maximum Gasteiger partial charge on any atom is 0.426 e. The summed E-state index contributed by atoms with van der Waals surface area (Å²) in [5, 5.41) is 8.75. The third-order valence-electron chi connectivity index (χ3n) is 7.54. The molecule has 11 heteroatoms. The second kappa shape index (κ2) is 7.95. The summed E-state index contributed by atoms with van der Waals surface area (Å²) in [4.78, 5) is 0. The summed E-state index contributed by atoms with van der Waals surface area (Å²) in [5.74, 6) is -1.44. The lowest BCUT2D eigenvalue weighted by molar-refractivity contribution is -0.390. The van der Waals surface area contributed by atoms with Crippen LogP contribution >= 0.6 is 0 Å². The summed E-state index contributed by atoms with van der Waals surface area (Å²) in [7, 11) is 0. The lowest BCUT2D eigenvalue weighted by Crippen LogP contribution is -2.61. The third kappa shape index (κ3) is 4.42. The van der Waals surface area contributed by atoms with Crippen molar-refractivity contribution in [2.24, 2.45) is 34.5 Å². The Labute approximate surface area is 175 Å². The van der Waals surface area contributed by atoms with E-state index in [0.29, 0.717) is 0 Å². The number of rotatable bonds is 7. The predicted octanol–water partition coefficient (Wildman–Crippen LogP) is 6.53. The summed E-state index contributed by atoms with van der Waals surface area (Å²) in [6, 6.07) is 0. The fraction of sp³-hybridized carbons (Fsp3) is 1.00. The Kier molecular flexibility index (Phi) is 6.81. The molecule has 0 aromatic heterocycles. The highest BCUT2D eigenvalue weighted by molar-refractivity contribution is 5.11. The van der Waals surface area contributed by atoms with Crippen molar-refractivity contribution in [1.29, 1.82) is 0 Å². The molecule has 2 bridgehead atoms. The van der Waals surface area contributed by atoms with Crippen molar-refractivity contribution < 1.29 is 49.4 Å². The minimum atomic E-state index is -5.93. The first kappa shape index (κ1) is 26.5. The largest absolute Gasteiger partial charge is 0.426 e. The van der Waals surface area contributed by atoms with E-state index in [4.69, 9.17) is 5.11 Å². The molecule has 5 atom stereocenters. The Morgan fingerprint density at radius 3 is 1.77 bits per heavy atom. The molecule has 2 rings (SSSR count). The second-order valence-corrected chi connectivity index (χ2v) is 10.1. The number of alkyl halides is 9. The van der Waals surface area contributed by atoms with Gasteiger partial charge in [0, 0.05) is 0 Å². The molecule has 2 aliphatic carbocycles. The molecule has 0 heterocycles. The van der Waals surface area contributed by atoms with Gasteiger partial charge >= 0.3 is 18.5 Å². The fourth-order valence-corrected chi connectivity index (χ4v) is 6.18. The van der Waals surface area contributed by atoms with Crippen molar-refractivity contribution in [1.82, 2.24) is 0 Å². The summed E-state index contributed by atoms with van der Waals surface area (Å²) < 4.78 is 129. The number of hydrogen-bond donors (Lipinski definition) is 1. The van der Waals surface area contributed by atoms with Crippen molar-refractivity contribution in [2.75, 3.05) is 13.2 Å². The van der Waals surface area contributed by atoms with Crippen LogP contribution in [0.5, 0.6) is 0 Å². The molecule has 0 aromatic rings. The highest BCUT2D eigenvalue weighted by Crippen LogP contribution is 2.70. The van der Waals surface area contributed by atoms with Gasteiger partial charge in [0.25, 0.3) is 5.60 Å². The summed E-state index contributed by atoms with van der Waals surface area (Å²) in [6.45, 7) is 3.15. The van der Waals surface area contributed by atoms with E-state index in [1.165, 1.54) is 0 Å². The van der Waals surface area contributed by atoms with E-state index in [1.807, 2.05) is 6.92 Å². The van der Waals surface area contributed by atoms with Gasteiger partial charge in [-0.3, -0.25) is 0 Å². The number of hydrogen-bond acceptors (Lipinski definition) is 2. The Hall–Kier alpha value is -0.710. The second-order valence-electron chi connectivity index (χ2n) is 10.1. The van der Waals surface area contributed by atoms with Crippen LogP contribution < -0.4 is 0 Å². The van der Waals surface area contributed by atoms with E-state index in [1.54, 1.807) is 6.92 Å². The Morgan fingerprint density at radius 1 is 0.903 bits per heavy atom. The van der Waals surface area contributed by atoms with Crippen LogP contribution in [0, 0.1) is 34.5 Å². The summed E-state index contributed by atoms with van der Waals surface area (Å²) in [5.41, 5.74) is -9.02. The van der Waals surface area contributed by atoms with Crippen LogP contribution in [0.2, 0.25) is 0 Å². The highest BCUT2D eigenvalue weighted by atomic mass is 19.4. The first-order valence-corrected chi connectivity index (χ1v) is 10.2. The van der Waals surface area contributed by atoms with Gasteiger partial charge in [-0.2, -0.15) is 39.5 Å². The van der Waals surface area contributed by atoms with Gasteiger partial charge in [0.1, 0.15) is 0 Å². The zero-order valence-electron chi connectivity index (χ0n) is 17.8. The number of aliphatic hydroxyl groups excluding tert-OH is 1. The first-order chi connectivity index (χ1) is 13.7. The van der Waals surface area contributed by atoms with Crippen molar-refractivity contribution in [3.63, 3.8) is 0 Å². The van der Waals surface area contributed by atoms with E-state index in [-0.39, 0.29) is 30.6 Å². The number of ether oxygens (including phenoxy) is 1. The molecular weight excluding hydrogens is 443 g/mol. The van der Waals surface area contributed by atoms with Gasteiger partial charge < -0.3 is 9.84 Å². The van der Waals surface area contributed by atoms with Crippen LogP contribution in [0.1, 0.15) is 53.4 Å². The Morgan fingerprint density at radius 2 is 1.42 bits per heavy atom. The summed E-state index contributed by atoms with van der Waals surface area (Å²) in [6.07, 6.45) is -19.2. The van der Waals surface area contributed by atoms with Crippen molar-refractivity contribution >= 4 is 0 Å². The summed E-state index contributed by atoms with van der Waals surface area (Å²) >= 11 is 0. The maximum absolute atomic E-state index is 14.3. The molecule has 184 valence electrons. The molecule has 0 amide bonds. The van der Waals surface area contributed by atoms with Gasteiger partial charge in [0.05, 0.1) is 18.6 Å². The molecule has 0 saturated heterocycles. The molecule has 2 saturated carbocycles.